The maximum absolute atomic E-state index is 4.56. The van der Waals surface area contributed by atoms with E-state index in [2.05, 4.69) is 141 Å². The van der Waals surface area contributed by atoms with E-state index in [0.717, 1.165) is 60.8 Å². The lowest BCUT2D eigenvalue weighted by Gasteiger charge is -2.24. The van der Waals surface area contributed by atoms with Crippen LogP contribution in [0.15, 0.2) is 143 Å². The smallest absolute Gasteiger partial charge is 0.171 e. The number of rotatable bonds is 16. The first-order chi connectivity index (χ1) is 23.1. The molecule has 0 fully saturated rings. The standard InChI is InChI=1S/C40H47N7.2BrH/c1-4-47(33-36-15-9-7-10-16-36)39-19-20-40(34(2)31-39)43-42-37-23-29-46(30-24-37)26-14-6-5-13-25-45-27-21-35(22-28-45)32-41-44(3)38-17-11-8-12-18-38;;/h7-12,15-24,27-32H,4-6,13-14,25-26,33H2,1-3H3;2*1H/q+2;;/p-2. The van der Waals surface area contributed by atoms with Crippen LogP contribution < -0.4 is 53.0 Å². The molecule has 0 atom stereocenters. The summed E-state index contributed by atoms with van der Waals surface area (Å²) in [5, 5.41) is 15.5. The SMILES string of the molecule is CCN(Cc1ccccc1)c1ccc(N=Nc2cc[n+](CCCCCC[n+]3ccc(/C=N\N(C)c4ccccc4)cc3)cc2)c(C)c1.[Br-].[Br-]. The maximum Gasteiger partial charge on any atom is 0.171 e. The van der Waals surface area contributed by atoms with Crippen molar-refractivity contribution in [2.45, 2.75) is 59.2 Å². The largest absolute Gasteiger partial charge is 1.00 e. The fourth-order valence-electron chi connectivity index (χ4n) is 5.42. The lowest BCUT2D eigenvalue weighted by Crippen LogP contribution is -3.00. The van der Waals surface area contributed by atoms with Crippen molar-refractivity contribution in [2.75, 3.05) is 23.5 Å². The van der Waals surface area contributed by atoms with Crippen LogP contribution in [0.25, 0.3) is 0 Å². The number of hydrazone groups is 1. The molecule has 2 heterocycles. The first-order valence-electron chi connectivity index (χ1n) is 16.7. The van der Waals surface area contributed by atoms with Crippen LogP contribution in [0.1, 0.15) is 49.3 Å². The third-order valence-corrected chi connectivity index (χ3v) is 8.30. The van der Waals surface area contributed by atoms with Gasteiger partial charge in [0.2, 0.25) is 0 Å². The molecule has 5 rings (SSSR count). The van der Waals surface area contributed by atoms with Gasteiger partial charge in [0.05, 0.1) is 23.3 Å². The molecule has 0 bridgehead atoms. The fourth-order valence-corrected chi connectivity index (χ4v) is 5.42. The van der Waals surface area contributed by atoms with Gasteiger partial charge in [0.15, 0.2) is 24.8 Å². The number of aryl methyl sites for hydroxylation is 3. The van der Waals surface area contributed by atoms with E-state index in [-0.39, 0.29) is 34.0 Å². The van der Waals surface area contributed by atoms with Crippen molar-refractivity contribution in [2.24, 2.45) is 15.3 Å². The van der Waals surface area contributed by atoms with Crippen molar-refractivity contribution in [3.8, 4) is 0 Å². The fraction of sp³-hybridized carbons (Fsp3) is 0.275. The van der Waals surface area contributed by atoms with Crippen LogP contribution in [-0.2, 0) is 19.6 Å². The minimum absolute atomic E-state index is 0. The summed E-state index contributed by atoms with van der Waals surface area (Å²) in [6.07, 6.45) is 15.1. The molecule has 256 valence electrons. The molecule has 0 N–H and O–H groups in total. The summed E-state index contributed by atoms with van der Waals surface area (Å²) < 4.78 is 4.48. The molecule has 0 aliphatic carbocycles. The van der Waals surface area contributed by atoms with Crippen molar-refractivity contribution in [3.05, 3.63) is 145 Å². The number of anilines is 2. The minimum Gasteiger partial charge on any atom is -1.00 e. The number of para-hydroxylation sites is 1. The highest BCUT2D eigenvalue weighted by atomic mass is 79.9. The van der Waals surface area contributed by atoms with E-state index in [4.69, 9.17) is 0 Å². The zero-order valence-electron chi connectivity index (χ0n) is 28.7. The Balaban J connectivity index is 0.00000325. The van der Waals surface area contributed by atoms with E-state index in [0.29, 0.717) is 0 Å². The highest BCUT2D eigenvalue weighted by Gasteiger charge is 2.08. The molecular weight excluding hydrogens is 738 g/mol. The molecule has 0 aliphatic rings. The Hall–Kier alpha value is -4.21. The van der Waals surface area contributed by atoms with Gasteiger partial charge in [-0.2, -0.15) is 15.3 Å². The number of aromatic nitrogens is 2. The lowest BCUT2D eigenvalue weighted by molar-refractivity contribution is -0.698. The second-order valence-electron chi connectivity index (χ2n) is 11.9. The summed E-state index contributed by atoms with van der Waals surface area (Å²) in [4.78, 5) is 2.38. The molecule has 5 aromatic rings. The molecule has 0 aliphatic heterocycles. The summed E-state index contributed by atoms with van der Waals surface area (Å²) in [7, 11) is 1.96. The summed E-state index contributed by atoms with van der Waals surface area (Å²) in [6, 6.07) is 35.5. The number of hydrogen-bond acceptors (Lipinski definition) is 5. The molecular formula is C40H47Br2N7. The molecule has 0 saturated heterocycles. The summed E-state index contributed by atoms with van der Waals surface area (Å²) in [5.41, 5.74) is 7.56. The van der Waals surface area contributed by atoms with Gasteiger partial charge in [-0.25, -0.2) is 9.13 Å². The summed E-state index contributed by atoms with van der Waals surface area (Å²) in [5.74, 6) is 0. The maximum atomic E-state index is 4.56. The number of hydrogen-bond donors (Lipinski definition) is 0. The van der Waals surface area contributed by atoms with E-state index in [9.17, 15) is 0 Å². The molecule has 49 heavy (non-hydrogen) atoms. The van der Waals surface area contributed by atoms with Gasteiger partial charge in [-0.1, -0.05) is 48.5 Å². The molecule has 2 aromatic heterocycles. The highest BCUT2D eigenvalue weighted by molar-refractivity contribution is 5.79. The predicted molar refractivity (Wildman–Crippen MR) is 193 cm³/mol. The van der Waals surface area contributed by atoms with Crippen molar-refractivity contribution in [3.63, 3.8) is 0 Å². The molecule has 3 aromatic carbocycles. The number of benzene rings is 3. The average molecular weight is 786 g/mol. The van der Waals surface area contributed by atoms with Gasteiger partial charge in [0, 0.05) is 68.5 Å². The number of halogens is 2. The number of nitrogens with zero attached hydrogens (tertiary/aromatic N) is 7. The van der Waals surface area contributed by atoms with Crippen LogP contribution in [0.2, 0.25) is 0 Å². The Kier molecular flexibility index (Phi) is 16.8. The molecule has 0 radical (unpaired) electrons. The molecule has 9 heteroatoms. The number of azo groups is 1. The average Bonchev–Trinajstić information content (AvgIpc) is 3.12. The lowest BCUT2D eigenvalue weighted by atomic mass is 10.1. The van der Waals surface area contributed by atoms with Crippen LogP contribution >= 0.6 is 0 Å². The van der Waals surface area contributed by atoms with Gasteiger partial charge >= 0.3 is 0 Å². The second-order valence-corrected chi connectivity index (χ2v) is 11.9. The first kappa shape index (κ1) is 39.2. The van der Waals surface area contributed by atoms with E-state index < -0.39 is 0 Å². The zero-order valence-corrected chi connectivity index (χ0v) is 31.9. The third-order valence-electron chi connectivity index (χ3n) is 8.30. The molecule has 0 amide bonds. The molecule has 0 spiro atoms. The van der Waals surface area contributed by atoms with Crippen LogP contribution in [0.4, 0.5) is 22.7 Å². The van der Waals surface area contributed by atoms with Crippen molar-refractivity contribution < 1.29 is 43.1 Å². The summed E-state index contributed by atoms with van der Waals surface area (Å²) in [6.45, 7) is 8.16. The van der Waals surface area contributed by atoms with Crippen LogP contribution in [0.5, 0.6) is 0 Å². The van der Waals surface area contributed by atoms with Gasteiger partial charge in [-0.05, 0) is 68.1 Å². The molecule has 0 unspecified atom stereocenters. The Bertz CT molecular complexity index is 1710. The Morgan fingerprint density at radius 3 is 1.84 bits per heavy atom. The normalized spacial score (nSPS) is 10.9. The molecule has 7 nitrogen and oxygen atoms in total. The van der Waals surface area contributed by atoms with Gasteiger partial charge < -0.3 is 38.9 Å². The highest BCUT2D eigenvalue weighted by Crippen LogP contribution is 2.27. The van der Waals surface area contributed by atoms with Crippen molar-refractivity contribution in [1.29, 1.82) is 0 Å². The Morgan fingerprint density at radius 1 is 0.653 bits per heavy atom. The van der Waals surface area contributed by atoms with Gasteiger partial charge in [0.1, 0.15) is 13.1 Å². The zero-order chi connectivity index (χ0) is 32.7. The number of pyridine rings is 2. The number of unbranched alkanes of at least 4 members (excludes halogenated alkanes) is 3. The van der Waals surface area contributed by atoms with Gasteiger partial charge in [-0.3, -0.25) is 5.01 Å². The molecule has 0 saturated carbocycles. The first-order valence-corrected chi connectivity index (χ1v) is 16.7. The second kappa shape index (κ2) is 21.0. The van der Waals surface area contributed by atoms with Crippen LogP contribution in [0, 0.1) is 6.92 Å². The van der Waals surface area contributed by atoms with Crippen LogP contribution in [0.3, 0.4) is 0 Å². The van der Waals surface area contributed by atoms with Crippen molar-refractivity contribution >= 4 is 29.0 Å². The van der Waals surface area contributed by atoms with Crippen molar-refractivity contribution in [1.82, 2.24) is 0 Å². The quantitative estimate of drug-likeness (QED) is 0.0509. The Morgan fingerprint density at radius 2 is 1.24 bits per heavy atom. The predicted octanol–water partition coefficient (Wildman–Crippen LogP) is 2.75. The van der Waals surface area contributed by atoms with Gasteiger partial charge in [-0.15, -0.1) is 0 Å². The Labute approximate surface area is 313 Å². The van der Waals surface area contributed by atoms with E-state index >= 15 is 0 Å². The minimum atomic E-state index is 0. The van der Waals surface area contributed by atoms with E-state index in [1.54, 1.807) is 0 Å². The van der Waals surface area contributed by atoms with Gasteiger partial charge in [0.25, 0.3) is 0 Å². The third kappa shape index (κ3) is 12.6. The summed E-state index contributed by atoms with van der Waals surface area (Å²) >= 11 is 0. The van der Waals surface area contributed by atoms with Crippen LogP contribution in [-0.4, -0.2) is 19.8 Å². The topological polar surface area (TPSA) is 51.3 Å². The monoisotopic (exact) mass is 783 g/mol. The van der Waals surface area contributed by atoms with E-state index in [1.165, 1.54) is 30.5 Å². The van der Waals surface area contributed by atoms with E-state index in [1.807, 2.05) is 48.6 Å².